The number of nitrogens with one attached hydrogen (secondary N) is 1. The van der Waals surface area contributed by atoms with Crippen molar-refractivity contribution in [3.63, 3.8) is 0 Å². The van der Waals surface area contributed by atoms with Crippen molar-refractivity contribution >= 4 is 11.9 Å². The standard InChI is InChI=1S/C20H29NO6/c1-8(2)17(19(24)25)21-7-12-16-14(23)5-9(3)11-6-13(22)10(4)15(11)18(16)27-20(12)26/h8,11-18,21-23H,3-7H2,1-2H3,(H,24,25). The fraction of sp³-hybridized carbons (Fsp3) is 0.700. The smallest absolute Gasteiger partial charge is 0.320 e. The van der Waals surface area contributed by atoms with Gasteiger partial charge in [-0.2, -0.15) is 0 Å². The largest absolute Gasteiger partial charge is 0.480 e. The molecule has 27 heavy (non-hydrogen) atoms. The Hall–Kier alpha value is -1.70. The van der Waals surface area contributed by atoms with Gasteiger partial charge in [0.05, 0.1) is 18.1 Å². The number of hydrogen-bond donors (Lipinski definition) is 4. The molecule has 3 rings (SSSR count). The van der Waals surface area contributed by atoms with E-state index in [0.29, 0.717) is 18.4 Å². The number of fused-ring (bicyclic) bond motifs is 3. The molecule has 0 aromatic carbocycles. The first-order valence-electron chi connectivity index (χ1n) is 9.52. The second-order valence-corrected chi connectivity index (χ2v) is 8.44. The zero-order chi connectivity index (χ0) is 20.0. The molecule has 7 nitrogen and oxygen atoms in total. The van der Waals surface area contributed by atoms with E-state index in [2.05, 4.69) is 18.5 Å². The Kier molecular flexibility index (Phi) is 5.47. The highest BCUT2D eigenvalue weighted by atomic mass is 16.6. The maximum Gasteiger partial charge on any atom is 0.320 e. The number of rotatable bonds is 5. The summed E-state index contributed by atoms with van der Waals surface area (Å²) in [7, 11) is 0. The van der Waals surface area contributed by atoms with Gasteiger partial charge in [-0.05, 0) is 30.3 Å². The van der Waals surface area contributed by atoms with Crippen molar-refractivity contribution in [3.8, 4) is 0 Å². The number of carbonyl (C=O) groups is 2. The summed E-state index contributed by atoms with van der Waals surface area (Å²) in [5.41, 5.74) is 1.46. The Labute approximate surface area is 159 Å². The maximum atomic E-state index is 12.6. The number of carboxylic acid groups (broad SMARTS) is 1. The second kappa shape index (κ2) is 7.37. The van der Waals surface area contributed by atoms with Crippen LogP contribution in [0.5, 0.6) is 0 Å². The lowest BCUT2D eigenvalue weighted by atomic mass is 9.78. The Morgan fingerprint density at radius 1 is 1.33 bits per heavy atom. The van der Waals surface area contributed by atoms with Crippen LogP contribution in [0.15, 0.2) is 24.3 Å². The molecule has 1 heterocycles. The highest BCUT2D eigenvalue weighted by molar-refractivity contribution is 5.77. The minimum absolute atomic E-state index is 0.0703. The third-order valence-corrected chi connectivity index (χ3v) is 6.45. The number of carboxylic acids is 1. The normalized spacial score (nSPS) is 39.7. The van der Waals surface area contributed by atoms with Gasteiger partial charge in [0.15, 0.2) is 0 Å². The van der Waals surface area contributed by atoms with Crippen LogP contribution in [0.2, 0.25) is 0 Å². The maximum absolute atomic E-state index is 12.6. The van der Waals surface area contributed by atoms with E-state index in [1.165, 1.54) is 0 Å². The molecule has 3 aliphatic rings. The molecule has 0 amide bonds. The summed E-state index contributed by atoms with van der Waals surface area (Å²) < 4.78 is 5.66. The average Bonchev–Trinajstić information content (AvgIpc) is 3.01. The molecule has 0 aromatic heterocycles. The number of carbonyl (C=O) groups excluding carboxylic acids is 1. The monoisotopic (exact) mass is 379 g/mol. The van der Waals surface area contributed by atoms with Crippen molar-refractivity contribution in [2.75, 3.05) is 6.54 Å². The molecule has 8 atom stereocenters. The molecular formula is C20H29NO6. The molecule has 150 valence electrons. The fourth-order valence-corrected chi connectivity index (χ4v) is 5.00. The Morgan fingerprint density at radius 2 is 2.00 bits per heavy atom. The van der Waals surface area contributed by atoms with E-state index in [-0.39, 0.29) is 24.3 Å². The molecule has 2 saturated carbocycles. The summed E-state index contributed by atoms with van der Waals surface area (Å²) >= 11 is 0. The zero-order valence-electron chi connectivity index (χ0n) is 15.8. The number of aliphatic hydroxyl groups is 2. The van der Waals surface area contributed by atoms with Crippen LogP contribution < -0.4 is 5.32 Å². The molecule has 4 N–H and O–H groups in total. The second-order valence-electron chi connectivity index (χ2n) is 8.44. The van der Waals surface area contributed by atoms with E-state index in [1.54, 1.807) is 13.8 Å². The van der Waals surface area contributed by atoms with Crippen LogP contribution in [0.4, 0.5) is 0 Å². The molecule has 2 aliphatic carbocycles. The van der Waals surface area contributed by atoms with Crippen molar-refractivity contribution in [3.05, 3.63) is 24.3 Å². The SMILES string of the molecule is C=C1CC(O)C2C(CNC(C(=O)O)C(C)C)C(=O)OC2C2C(=C)C(O)CC12. The molecule has 8 unspecified atom stereocenters. The van der Waals surface area contributed by atoms with E-state index in [0.717, 1.165) is 5.57 Å². The van der Waals surface area contributed by atoms with Gasteiger partial charge in [0.1, 0.15) is 12.1 Å². The van der Waals surface area contributed by atoms with Gasteiger partial charge in [0.2, 0.25) is 0 Å². The van der Waals surface area contributed by atoms with Gasteiger partial charge in [-0.15, -0.1) is 0 Å². The van der Waals surface area contributed by atoms with E-state index in [4.69, 9.17) is 4.74 Å². The third-order valence-electron chi connectivity index (χ3n) is 6.45. The number of aliphatic carboxylic acids is 1. The highest BCUT2D eigenvalue weighted by Crippen LogP contribution is 2.52. The van der Waals surface area contributed by atoms with Crippen molar-refractivity contribution in [1.29, 1.82) is 0 Å². The molecule has 0 bridgehead atoms. The van der Waals surface area contributed by atoms with Crippen molar-refractivity contribution in [2.24, 2.45) is 29.6 Å². The summed E-state index contributed by atoms with van der Waals surface area (Å²) in [5, 5.41) is 33.3. The fourth-order valence-electron chi connectivity index (χ4n) is 5.00. The van der Waals surface area contributed by atoms with E-state index in [9.17, 15) is 24.9 Å². The summed E-state index contributed by atoms with van der Waals surface area (Å²) in [4.78, 5) is 24.0. The van der Waals surface area contributed by atoms with E-state index < -0.39 is 48.1 Å². The van der Waals surface area contributed by atoms with Crippen LogP contribution >= 0.6 is 0 Å². The average molecular weight is 379 g/mol. The lowest BCUT2D eigenvalue weighted by Gasteiger charge is -2.29. The number of ether oxygens (including phenoxy) is 1. The molecular weight excluding hydrogens is 350 g/mol. The number of aliphatic hydroxyl groups excluding tert-OH is 2. The van der Waals surface area contributed by atoms with Gasteiger partial charge in [-0.1, -0.05) is 32.6 Å². The topological polar surface area (TPSA) is 116 Å². The van der Waals surface area contributed by atoms with Crippen LogP contribution in [0.3, 0.4) is 0 Å². The van der Waals surface area contributed by atoms with Crippen LogP contribution in [0, 0.1) is 29.6 Å². The van der Waals surface area contributed by atoms with Crippen LogP contribution in [-0.2, 0) is 14.3 Å². The summed E-state index contributed by atoms with van der Waals surface area (Å²) in [6, 6.07) is -0.786. The quantitative estimate of drug-likeness (QED) is 0.411. The summed E-state index contributed by atoms with van der Waals surface area (Å²) in [6.45, 7) is 11.8. The van der Waals surface area contributed by atoms with Crippen LogP contribution in [0.25, 0.3) is 0 Å². The van der Waals surface area contributed by atoms with Gasteiger partial charge in [0, 0.05) is 18.4 Å². The van der Waals surface area contributed by atoms with Gasteiger partial charge in [0.25, 0.3) is 0 Å². The Bertz CT molecular complexity index is 659. The lowest BCUT2D eigenvalue weighted by molar-refractivity contribution is -0.146. The highest BCUT2D eigenvalue weighted by Gasteiger charge is 2.57. The van der Waals surface area contributed by atoms with Gasteiger partial charge in [-0.3, -0.25) is 9.59 Å². The molecule has 1 aliphatic heterocycles. The van der Waals surface area contributed by atoms with E-state index in [1.807, 2.05) is 0 Å². The Morgan fingerprint density at radius 3 is 2.59 bits per heavy atom. The van der Waals surface area contributed by atoms with Crippen LogP contribution in [-0.4, -0.2) is 58.2 Å². The third kappa shape index (κ3) is 3.44. The number of esters is 1. The number of hydrogen-bond acceptors (Lipinski definition) is 6. The van der Waals surface area contributed by atoms with Gasteiger partial charge >= 0.3 is 11.9 Å². The molecule has 3 fully saturated rings. The van der Waals surface area contributed by atoms with Crippen molar-refractivity contribution < 1.29 is 29.6 Å². The summed E-state index contributed by atoms with van der Waals surface area (Å²) in [6.07, 6.45) is -1.23. The Balaban J connectivity index is 1.84. The molecule has 0 aromatic rings. The van der Waals surface area contributed by atoms with Crippen molar-refractivity contribution in [1.82, 2.24) is 5.32 Å². The molecule has 0 spiro atoms. The molecule has 0 radical (unpaired) electrons. The first-order chi connectivity index (χ1) is 12.6. The predicted molar refractivity (Wildman–Crippen MR) is 97.6 cm³/mol. The van der Waals surface area contributed by atoms with Crippen molar-refractivity contribution in [2.45, 2.75) is 51.0 Å². The molecule has 7 heteroatoms. The first-order valence-corrected chi connectivity index (χ1v) is 9.52. The summed E-state index contributed by atoms with van der Waals surface area (Å²) in [5.74, 6) is -3.03. The minimum Gasteiger partial charge on any atom is -0.480 e. The van der Waals surface area contributed by atoms with E-state index >= 15 is 0 Å². The zero-order valence-corrected chi connectivity index (χ0v) is 15.8. The van der Waals surface area contributed by atoms with Gasteiger partial charge < -0.3 is 25.4 Å². The van der Waals surface area contributed by atoms with Crippen LogP contribution in [0.1, 0.15) is 26.7 Å². The minimum atomic E-state index is -0.977. The lowest BCUT2D eigenvalue weighted by Crippen LogP contribution is -2.46. The van der Waals surface area contributed by atoms with Gasteiger partial charge in [-0.25, -0.2) is 0 Å². The molecule has 1 saturated heterocycles. The predicted octanol–water partition coefficient (Wildman–Crippen LogP) is 0.717. The first kappa shape index (κ1) is 20.0.